The average molecular weight is 353 g/mol. The molecule has 0 aliphatic heterocycles. The van der Waals surface area contributed by atoms with Crippen molar-refractivity contribution >= 4 is 22.0 Å². The smallest absolute Gasteiger partial charge is 0.259 e. The first-order valence-electron chi connectivity index (χ1n) is 7.65. The fourth-order valence-corrected chi connectivity index (χ4v) is 3.52. The molecule has 4 rings (SSSR count). The molecule has 0 aliphatic rings. The third kappa shape index (κ3) is 2.89. The van der Waals surface area contributed by atoms with Gasteiger partial charge in [-0.3, -0.25) is 9.20 Å². The van der Waals surface area contributed by atoms with Gasteiger partial charge in [-0.05, 0) is 29.5 Å². The number of hydrogen-bond acceptors (Lipinski definition) is 7. The number of fused-ring (bicyclic) bond motifs is 1. The molecule has 0 fully saturated rings. The van der Waals surface area contributed by atoms with E-state index < -0.39 is 0 Å². The Balaban J connectivity index is 1.58. The molecule has 9 heteroatoms. The molecule has 0 radical (unpaired) electrons. The van der Waals surface area contributed by atoms with Crippen molar-refractivity contribution in [1.29, 1.82) is 0 Å². The fourth-order valence-electron chi connectivity index (χ4n) is 2.63. The second-order valence-corrected chi connectivity index (χ2v) is 6.48. The minimum Gasteiger partial charge on any atom is -0.379 e. The van der Waals surface area contributed by atoms with Crippen molar-refractivity contribution in [3.63, 3.8) is 0 Å². The summed E-state index contributed by atoms with van der Waals surface area (Å²) < 4.78 is 3.24. The highest BCUT2D eigenvalue weighted by Gasteiger charge is 2.08. The Kier molecular flexibility index (Phi) is 3.77. The second kappa shape index (κ2) is 6.10. The van der Waals surface area contributed by atoms with Crippen molar-refractivity contribution < 1.29 is 0 Å². The van der Waals surface area contributed by atoms with Crippen LogP contribution < -0.4 is 10.9 Å². The van der Waals surface area contributed by atoms with Gasteiger partial charge in [-0.25, -0.2) is 9.67 Å². The number of aryl methyl sites for hydroxylation is 2. The minimum absolute atomic E-state index is 0.0561. The van der Waals surface area contributed by atoms with Crippen LogP contribution in [0.25, 0.3) is 16.3 Å². The zero-order valence-electron chi connectivity index (χ0n) is 13.7. The van der Waals surface area contributed by atoms with Gasteiger partial charge in [0.1, 0.15) is 0 Å². The standard InChI is InChI=1S/C16H15N7OS/c1-10-9-25-16-18-13(7-14(24)23(10)16)8-17-12-5-3-4-11(6-12)15-19-20-21-22(15)2/h3-7,9,17H,8H2,1-2H3. The Morgan fingerprint density at radius 2 is 2.16 bits per heavy atom. The SMILES string of the molecule is Cc1csc2nc(CNc3cccc(-c4nnnn4C)c3)cc(=O)n12. The van der Waals surface area contributed by atoms with Gasteiger partial charge in [0.15, 0.2) is 10.8 Å². The Bertz CT molecular complexity index is 1110. The largest absolute Gasteiger partial charge is 0.379 e. The first-order chi connectivity index (χ1) is 12.1. The topological polar surface area (TPSA) is 90.0 Å². The monoisotopic (exact) mass is 353 g/mol. The number of rotatable bonds is 4. The van der Waals surface area contributed by atoms with E-state index in [0.29, 0.717) is 23.0 Å². The lowest BCUT2D eigenvalue weighted by Crippen LogP contribution is -2.16. The Morgan fingerprint density at radius 1 is 1.28 bits per heavy atom. The van der Waals surface area contributed by atoms with Gasteiger partial charge in [0.25, 0.3) is 5.56 Å². The van der Waals surface area contributed by atoms with E-state index in [-0.39, 0.29) is 5.56 Å². The molecule has 8 nitrogen and oxygen atoms in total. The molecule has 0 bridgehead atoms. The lowest BCUT2D eigenvalue weighted by molar-refractivity contribution is 0.714. The number of hydrogen-bond donors (Lipinski definition) is 1. The number of aromatic nitrogens is 6. The van der Waals surface area contributed by atoms with E-state index in [2.05, 4.69) is 25.8 Å². The van der Waals surface area contributed by atoms with Crippen LogP contribution in [0.4, 0.5) is 5.69 Å². The van der Waals surface area contributed by atoms with Crippen LogP contribution in [-0.2, 0) is 13.6 Å². The van der Waals surface area contributed by atoms with Crippen molar-refractivity contribution in [3.05, 3.63) is 57.5 Å². The van der Waals surface area contributed by atoms with E-state index in [1.54, 1.807) is 22.2 Å². The molecule has 0 unspecified atom stereocenters. The van der Waals surface area contributed by atoms with Gasteiger partial charge in [0.05, 0.1) is 12.2 Å². The van der Waals surface area contributed by atoms with E-state index in [9.17, 15) is 4.79 Å². The van der Waals surface area contributed by atoms with Crippen molar-refractivity contribution in [2.24, 2.45) is 7.05 Å². The quantitative estimate of drug-likeness (QED) is 0.602. The molecule has 4 aromatic rings. The Morgan fingerprint density at radius 3 is 2.96 bits per heavy atom. The Labute approximate surface area is 146 Å². The normalized spacial score (nSPS) is 11.1. The highest BCUT2D eigenvalue weighted by molar-refractivity contribution is 7.15. The molecule has 1 N–H and O–H groups in total. The summed E-state index contributed by atoms with van der Waals surface area (Å²) in [5.41, 5.74) is 3.37. The summed E-state index contributed by atoms with van der Waals surface area (Å²) >= 11 is 1.47. The van der Waals surface area contributed by atoms with E-state index in [1.165, 1.54) is 11.3 Å². The summed E-state index contributed by atoms with van der Waals surface area (Å²) in [5.74, 6) is 0.690. The highest BCUT2D eigenvalue weighted by atomic mass is 32.1. The first-order valence-corrected chi connectivity index (χ1v) is 8.53. The van der Waals surface area contributed by atoms with Gasteiger partial charge in [-0.1, -0.05) is 12.1 Å². The van der Waals surface area contributed by atoms with Crippen molar-refractivity contribution in [2.75, 3.05) is 5.32 Å². The predicted octanol–water partition coefficient (Wildman–Crippen LogP) is 1.87. The minimum atomic E-state index is -0.0561. The molecule has 0 atom stereocenters. The van der Waals surface area contributed by atoms with Gasteiger partial charge in [0.2, 0.25) is 0 Å². The third-order valence-corrected chi connectivity index (χ3v) is 4.79. The molecular weight excluding hydrogens is 338 g/mol. The van der Waals surface area contributed by atoms with Crippen molar-refractivity contribution in [3.8, 4) is 11.4 Å². The third-order valence-electron chi connectivity index (χ3n) is 3.84. The molecule has 3 heterocycles. The lowest BCUT2D eigenvalue weighted by Gasteiger charge is -2.08. The summed E-state index contributed by atoms with van der Waals surface area (Å²) in [6.45, 7) is 2.36. The summed E-state index contributed by atoms with van der Waals surface area (Å²) in [4.78, 5) is 17.5. The highest BCUT2D eigenvalue weighted by Crippen LogP contribution is 2.20. The molecule has 0 aliphatic carbocycles. The summed E-state index contributed by atoms with van der Waals surface area (Å²) in [5, 5.41) is 16.7. The second-order valence-electron chi connectivity index (χ2n) is 5.64. The number of nitrogens with one attached hydrogen (secondary N) is 1. The maximum atomic E-state index is 12.2. The molecule has 0 amide bonds. The van der Waals surface area contributed by atoms with Crippen LogP contribution in [0.2, 0.25) is 0 Å². The average Bonchev–Trinajstić information content (AvgIpc) is 3.19. The van der Waals surface area contributed by atoms with Crippen LogP contribution in [0.15, 0.2) is 40.5 Å². The van der Waals surface area contributed by atoms with Crippen LogP contribution in [0, 0.1) is 6.92 Å². The number of benzene rings is 1. The van der Waals surface area contributed by atoms with Crippen molar-refractivity contribution in [1.82, 2.24) is 29.6 Å². The summed E-state index contributed by atoms with van der Waals surface area (Å²) in [7, 11) is 1.80. The molecule has 0 spiro atoms. The first kappa shape index (κ1) is 15.5. The molecule has 0 saturated carbocycles. The van der Waals surface area contributed by atoms with Gasteiger partial charge < -0.3 is 5.32 Å². The van der Waals surface area contributed by atoms with E-state index in [0.717, 1.165) is 16.9 Å². The van der Waals surface area contributed by atoms with E-state index in [1.807, 2.05) is 36.6 Å². The molecule has 126 valence electrons. The van der Waals surface area contributed by atoms with Crippen LogP contribution in [0.1, 0.15) is 11.4 Å². The number of anilines is 1. The molecule has 1 aromatic carbocycles. The number of tetrazole rings is 1. The molecule has 25 heavy (non-hydrogen) atoms. The Hall–Kier alpha value is -3.07. The zero-order chi connectivity index (χ0) is 17.4. The summed E-state index contributed by atoms with van der Waals surface area (Å²) in [6.07, 6.45) is 0. The molecule has 0 saturated heterocycles. The summed E-state index contributed by atoms with van der Waals surface area (Å²) in [6, 6.07) is 9.36. The number of nitrogens with zero attached hydrogens (tertiary/aromatic N) is 6. The predicted molar refractivity (Wildman–Crippen MR) is 95.6 cm³/mol. The van der Waals surface area contributed by atoms with Crippen LogP contribution in [0.5, 0.6) is 0 Å². The van der Waals surface area contributed by atoms with Gasteiger partial charge in [0, 0.05) is 35.4 Å². The molecular formula is C16H15N7OS. The van der Waals surface area contributed by atoms with Crippen LogP contribution in [-0.4, -0.2) is 29.6 Å². The maximum absolute atomic E-state index is 12.2. The van der Waals surface area contributed by atoms with Crippen molar-refractivity contribution in [2.45, 2.75) is 13.5 Å². The zero-order valence-corrected chi connectivity index (χ0v) is 14.5. The van der Waals surface area contributed by atoms with Gasteiger partial charge in [-0.2, -0.15) is 0 Å². The van der Waals surface area contributed by atoms with Crippen LogP contribution in [0.3, 0.4) is 0 Å². The molecule has 3 aromatic heterocycles. The maximum Gasteiger partial charge on any atom is 0.259 e. The van der Waals surface area contributed by atoms with Gasteiger partial charge in [-0.15, -0.1) is 16.4 Å². The lowest BCUT2D eigenvalue weighted by atomic mass is 10.2. The van der Waals surface area contributed by atoms with E-state index in [4.69, 9.17) is 0 Å². The fraction of sp³-hybridized carbons (Fsp3) is 0.188. The van der Waals surface area contributed by atoms with E-state index >= 15 is 0 Å². The van der Waals surface area contributed by atoms with Gasteiger partial charge >= 0.3 is 0 Å². The number of thiazole rings is 1. The van der Waals surface area contributed by atoms with Crippen LogP contribution >= 0.6 is 11.3 Å².